The molecule has 5 heteroatoms. The van der Waals surface area contributed by atoms with Crippen molar-refractivity contribution in [1.29, 1.82) is 0 Å². The van der Waals surface area contributed by atoms with E-state index >= 15 is 0 Å². The molecule has 3 heterocycles. The minimum Gasteiger partial charge on any atom is -0.557 e. The van der Waals surface area contributed by atoms with E-state index < -0.39 is 13.7 Å². The van der Waals surface area contributed by atoms with Gasteiger partial charge in [-0.1, -0.05) is 130 Å². The molecular weight excluding hydrogens is 803 g/mol. The zero-order valence-electron chi connectivity index (χ0n) is 34.9. The number of hydrogen-bond acceptors (Lipinski definition) is 3. The first-order valence-electron chi connectivity index (χ1n) is 19.8. The SMILES string of the molecule is CC(C)c1cccc(C(C)C)c1-n1c(-c2[c-]oc3cc(-c4ccccc4)ccc23)nc2ccccc21.[2H]C([2H])([2H])c1c[c-]c(-c2ccc(C([2H])([2H])[2H])cn2)cc1.[Ir]. The van der Waals surface area contributed by atoms with E-state index in [1.165, 1.54) is 41.2 Å². The van der Waals surface area contributed by atoms with Gasteiger partial charge in [-0.25, -0.2) is 0 Å². The summed E-state index contributed by atoms with van der Waals surface area (Å²) >= 11 is 0. The Hall–Kier alpha value is -5.09. The Morgan fingerprint density at radius 2 is 1.45 bits per heavy atom. The van der Waals surface area contributed by atoms with Crippen LogP contribution in [0.3, 0.4) is 0 Å². The standard InChI is InChI=1S/C33H29N2O.C13H12N.Ir/c1-21(2)25-13-10-14-26(22(3)4)32(25)35-30-16-9-8-15-29(30)34-33(35)28-20-36-31-19-24(17-18-27(28)31)23-11-6-5-7-12-23;1-10-3-6-12(7-4-10)13-8-5-11(2)9-14-13;/h5-19,21-22H,1-4H3;3-6,8-9H,1-2H3;/q2*-1;/i;1D3,2D3;. The van der Waals surface area contributed by atoms with Gasteiger partial charge >= 0.3 is 0 Å². The predicted octanol–water partition coefficient (Wildman–Crippen LogP) is 12.3. The van der Waals surface area contributed by atoms with Gasteiger partial charge in [-0.2, -0.15) is 0 Å². The fraction of sp³-hybridized carbons (Fsp3) is 0.174. The molecule has 0 unspecified atom stereocenters. The molecule has 0 saturated heterocycles. The van der Waals surface area contributed by atoms with E-state index in [0.717, 1.165) is 44.5 Å². The predicted molar refractivity (Wildman–Crippen MR) is 207 cm³/mol. The minimum absolute atomic E-state index is 0. The Morgan fingerprint density at radius 3 is 2.12 bits per heavy atom. The molecule has 0 aliphatic heterocycles. The number of imidazole rings is 1. The molecule has 8 rings (SSSR count). The number of para-hydroxylation sites is 3. The number of benzene rings is 5. The van der Waals surface area contributed by atoms with Gasteiger partial charge < -0.3 is 14.0 Å². The first kappa shape index (κ1) is 28.6. The Bertz CT molecular complexity index is 2530. The normalized spacial score (nSPS) is 13.4. The quantitative estimate of drug-likeness (QED) is 0.157. The first-order chi connectivity index (χ1) is 26.7. The summed E-state index contributed by atoms with van der Waals surface area (Å²) in [6, 6.07) is 42.2. The van der Waals surface area contributed by atoms with Crippen molar-refractivity contribution >= 4 is 22.0 Å². The van der Waals surface area contributed by atoms with Crippen molar-refractivity contribution in [3.8, 4) is 39.5 Å². The van der Waals surface area contributed by atoms with E-state index in [0.29, 0.717) is 23.1 Å². The second kappa shape index (κ2) is 15.4. The molecule has 0 aliphatic carbocycles. The molecule has 0 saturated carbocycles. The number of rotatable bonds is 6. The summed E-state index contributed by atoms with van der Waals surface area (Å²) in [7, 11) is 0. The molecule has 0 N–H and O–H groups in total. The molecule has 3 aromatic heterocycles. The molecule has 0 atom stereocenters. The van der Waals surface area contributed by atoms with Crippen molar-refractivity contribution in [3.63, 3.8) is 0 Å². The summed E-state index contributed by atoms with van der Waals surface area (Å²) in [5, 5.41) is 1.01. The molecule has 257 valence electrons. The number of nitrogens with zero attached hydrogens (tertiary/aromatic N) is 3. The number of hydrogen-bond donors (Lipinski definition) is 0. The molecule has 8 aromatic rings. The summed E-state index contributed by atoms with van der Waals surface area (Å²) in [5.41, 5.74) is 11.4. The molecule has 0 spiro atoms. The van der Waals surface area contributed by atoms with Crippen LogP contribution in [0.2, 0.25) is 0 Å². The van der Waals surface area contributed by atoms with Crippen LogP contribution in [0.25, 0.3) is 61.5 Å². The third-order valence-corrected chi connectivity index (χ3v) is 8.82. The van der Waals surface area contributed by atoms with E-state index in [1.54, 1.807) is 12.1 Å². The maximum Gasteiger partial charge on any atom is 0.0774 e. The van der Waals surface area contributed by atoms with Gasteiger partial charge in [0.05, 0.1) is 16.9 Å². The van der Waals surface area contributed by atoms with Crippen molar-refractivity contribution in [2.75, 3.05) is 0 Å². The average molecular weight is 850 g/mol. The second-order valence-corrected chi connectivity index (χ2v) is 12.9. The molecule has 0 aliphatic rings. The van der Waals surface area contributed by atoms with Crippen LogP contribution < -0.4 is 0 Å². The summed E-state index contributed by atoms with van der Waals surface area (Å²) in [4.78, 5) is 9.21. The Morgan fingerprint density at radius 1 is 0.725 bits per heavy atom. The maximum absolute atomic E-state index is 7.28. The van der Waals surface area contributed by atoms with Gasteiger partial charge in [0.2, 0.25) is 0 Å². The molecule has 0 fully saturated rings. The number of pyridine rings is 1. The Balaban J connectivity index is 0.000000223. The van der Waals surface area contributed by atoms with Crippen LogP contribution in [0.4, 0.5) is 0 Å². The molecule has 1 radical (unpaired) electrons. The van der Waals surface area contributed by atoms with E-state index in [1.807, 2.05) is 12.1 Å². The molecular formula is C46H41IrN3O-2. The van der Waals surface area contributed by atoms with Crippen molar-refractivity contribution in [1.82, 2.24) is 14.5 Å². The van der Waals surface area contributed by atoms with Crippen LogP contribution in [0, 0.1) is 26.0 Å². The largest absolute Gasteiger partial charge is 0.557 e. The molecule has 4 nitrogen and oxygen atoms in total. The average Bonchev–Trinajstić information content (AvgIpc) is 3.79. The van der Waals surface area contributed by atoms with Crippen molar-refractivity contribution in [3.05, 3.63) is 162 Å². The van der Waals surface area contributed by atoms with Gasteiger partial charge in [0, 0.05) is 52.1 Å². The van der Waals surface area contributed by atoms with Gasteiger partial charge in [0.25, 0.3) is 0 Å². The van der Waals surface area contributed by atoms with E-state index in [2.05, 4.69) is 128 Å². The number of fused-ring (bicyclic) bond motifs is 2. The van der Waals surface area contributed by atoms with E-state index in [-0.39, 0.29) is 31.2 Å². The van der Waals surface area contributed by atoms with Crippen LogP contribution in [-0.2, 0) is 20.1 Å². The molecule has 51 heavy (non-hydrogen) atoms. The van der Waals surface area contributed by atoms with Gasteiger partial charge in [0.1, 0.15) is 0 Å². The second-order valence-electron chi connectivity index (χ2n) is 12.9. The Kier molecular flexibility index (Phi) is 8.65. The molecule has 0 amide bonds. The smallest absolute Gasteiger partial charge is 0.0774 e. The van der Waals surface area contributed by atoms with Crippen LogP contribution in [0.5, 0.6) is 0 Å². The zero-order valence-corrected chi connectivity index (χ0v) is 31.3. The summed E-state index contributed by atoms with van der Waals surface area (Å²) in [6.45, 7) is 4.69. The zero-order chi connectivity index (χ0) is 39.8. The van der Waals surface area contributed by atoms with Gasteiger partial charge in [-0.3, -0.25) is 4.98 Å². The minimum atomic E-state index is -2.18. The van der Waals surface area contributed by atoms with Gasteiger partial charge in [-0.15, -0.1) is 41.5 Å². The number of furan rings is 1. The van der Waals surface area contributed by atoms with Gasteiger partial charge in [-0.05, 0) is 64.3 Å². The van der Waals surface area contributed by atoms with E-state index in [4.69, 9.17) is 17.6 Å². The van der Waals surface area contributed by atoms with E-state index in [9.17, 15) is 0 Å². The Labute approximate surface area is 323 Å². The van der Waals surface area contributed by atoms with Crippen molar-refractivity contribution in [2.45, 2.75) is 53.2 Å². The third-order valence-electron chi connectivity index (χ3n) is 8.82. The van der Waals surface area contributed by atoms with Crippen LogP contribution in [0.15, 0.2) is 132 Å². The topological polar surface area (TPSA) is 43.9 Å². The van der Waals surface area contributed by atoms with Crippen LogP contribution in [0.1, 0.15) is 70.0 Å². The molecule has 5 aromatic carbocycles. The van der Waals surface area contributed by atoms with Crippen molar-refractivity contribution < 1.29 is 32.7 Å². The van der Waals surface area contributed by atoms with Crippen molar-refractivity contribution in [2.24, 2.45) is 0 Å². The number of aryl methyl sites for hydroxylation is 2. The van der Waals surface area contributed by atoms with Crippen LogP contribution in [-0.4, -0.2) is 14.5 Å². The first-order valence-corrected chi connectivity index (χ1v) is 16.8. The van der Waals surface area contributed by atoms with Gasteiger partial charge in [0.15, 0.2) is 0 Å². The summed E-state index contributed by atoms with van der Waals surface area (Å²) in [6.07, 6.45) is 4.52. The summed E-state index contributed by atoms with van der Waals surface area (Å²) < 4.78 is 52.0. The third kappa shape index (κ3) is 7.37. The molecule has 0 bridgehead atoms. The fourth-order valence-electron chi connectivity index (χ4n) is 6.28. The number of aromatic nitrogens is 3. The fourth-order valence-corrected chi connectivity index (χ4v) is 6.28. The monoisotopic (exact) mass is 850 g/mol. The maximum atomic E-state index is 7.28. The van der Waals surface area contributed by atoms with Crippen LogP contribution >= 0.6 is 0 Å². The summed E-state index contributed by atoms with van der Waals surface area (Å²) in [5.74, 6) is 1.59.